The van der Waals surface area contributed by atoms with E-state index in [0.29, 0.717) is 12.1 Å². The summed E-state index contributed by atoms with van der Waals surface area (Å²) in [5, 5.41) is 14.4. The van der Waals surface area contributed by atoms with Crippen LogP contribution in [0.15, 0.2) is 23.7 Å². The molecule has 0 spiro atoms. The largest absolute Gasteiger partial charge is 0.305 e. The van der Waals surface area contributed by atoms with Gasteiger partial charge >= 0.3 is 5.69 Å². The number of carbonyl (C=O) groups is 1. The van der Waals surface area contributed by atoms with Crippen LogP contribution < -0.4 is 5.32 Å². The molecule has 0 aliphatic rings. The molecule has 0 fully saturated rings. The van der Waals surface area contributed by atoms with E-state index >= 15 is 0 Å². The third kappa shape index (κ3) is 2.55. The van der Waals surface area contributed by atoms with Crippen LogP contribution in [0.25, 0.3) is 0 Å². The van der Waals surface area contributed by atoms with Crippen molar-refractivity contribution < 1.29 is 18.5 Å². The van der Waals surface area contributed by atoms with Crippen LogP contribution in [-0.4, -0.2) is 15.8 Å². The van der Waals surface area contributed by atoms with Crippen molar-refractivity contribution in [2.45, 2.75) is 0 Å². The van der Waals surface area contributed by atoms with E-state index in [1.165, 1.54) is 6.20 Å². The maximum absolute atomic E-state index is 13.7. The van der Waals surface area contributed by atoms with Gasteiger partial charge in [0.1, 0.15) is 11.4 Å². The molecule has 19 heavy (non-hydrogen) atoms. The molecule has 1 heterocycles. The second-order valence-corrected chi connectivity index (χ2v) is 4.20. The van der Waals surface area contributed by atoms with Gasteiger partial charge in [-0.15, -0.1) is 11.3 Å². The summed E-state index contributed by atoms with van der Waals surface area (Å²) < 4.78 is 27.1. The van der Waals surface area contributed by atoms with Gasteiger partial charge in [-0.2, -0.15) is 4.39 Å². The number of benzene rings is 1. The van der Waals surface area contributed by atoms with E-state index in [0.717, 1.165) is 11.3 Å². The predicted octanol–water partition coefficient (Wildman–Crippen LogP) is 2.58. The van der Waals surface area contributed by atoms with E-state index in [1.807, 2.05) is 0 Å². The number of halogens is 2. The van der Waals surface area contributed by atoms with E-state index in [-0.39, 0.29) is 5.13 Å². The number of aromatic nitrogens is 1. The molecule has 0 atom stereocenters. The summed E-state index contributed by atoms with van der Waals surface area (Å²) in [6, 6.07) is 1.32. The maximum Gasteiger partial charge on any atom is 0.305 e. The third-order valence-corrected chi connectivity index (χ3v) is 2.84. The molecule has 1 amide bonds. The number of amides is 1. The first-order valence-electron chi connectivity index (χ1n) is 4.84. The summed E-state index contributed by atoms with van der Waals surface area (Å²) in [4.78, 5) is 24.9. The molecular weight excluding hydrogens is 280 g/mol. The summed E-state index contributed by atoms with van der Waals surface area (Å²) in [6.07, 6.45) is 1.39. The minimum Gasteiger partial charge on any atom is -0.298 e. The van der Waals surface area contributed by atoms with Crippen LogP contribution in [0.5, 0.6) is 0 Å². The number of nitrogens with one attached hydrogen (secondary N) is 1. The molecule has 2 rings (SSSR count). The predicted molar refractivity (Wildman–Crippen MR) is 63.1 cm³/mol. The van der Waals surface area contributed by atoms with E-state index < -0.39 is 33.7 Å². The molecule has 0 radical (unpaired) electrons. The molecule has 1 aromatic carbocycles. The maximum atomic E-state index is 13.7. The van der Waals surface area contributed by atoms with Gasteiger partial charge in [-0.1, -0.05) is 0 Å². The van der Waals surface area contributed by atoms with Crippen LogP contribution in [0, 0.1) is 21.7 Å². The van der Waals surface area contributed by atoms with Crippen LogP contribution in [0.3, 0.4) is 0 Å². The Morgan fingerprint density at radius 2 is 2.16 bits per heavy atom. The molecule has 1 N–H and O–H groups in total. The molecule has 9 heteroatoms. The van der Waals surface area contributed by atoms with Crippen molar-refractivity contribution in [3.8, 4) is 0 Å². The van der Waals surface area contributed by atoms with Crippen molar-refractivity contribution in [1.82, 2.24) is 4.98 Å². The van der Waals surface area contributed by atoms with Gasteiger partial charge in [0.2, 0.25) is 5.82 Å². The molecule has 0 saturated heterocycles. The topological polar surface area (TPSA) is 85.1 Å². The Kier molecular flexibility index (Phi) is 3.47. The highest BCUT2D eigenvalue weighted by Gasteiger charge is 2.26. The molecule has 0 aliphatic carbocycles. The SMILES string of the molecule is O=C(Nc1nccs1)c1c(F)ccc([N+](=O)[O-])c1F. The summed E-state index contributed by atoms with van der Waals surface area (Å²) in [7, 11) is 0. The lowest BCUT2D eigenvalue weighted by atomic mass is 10.1. The number of thiazole rings is 1. The zero-order valence-corrected chi connectivity index (χ0v) is 9.91. The Bertz CT molecular complexity index is 646. The van der Waals surface area contributed by atoms with Gasteiger partial charge in [-0.25, -0.2) is 9.37 Å². The van der Waals surface area contributed by atoms with E-state index in [1.54, 1.807) is 5.38 Å². The lowest BCUT2D eigenvalue weighted by Crippen LogP contribution is -2.16. The third-order valence-electron chi connectivity index (χ3n) is 2.15. The average molecular weight is 285 g/mol. The van der Waals surface area contributed by atoms with Gasteiger partial charge in [0.15, 0.2) is 5.13 Å². The molecule has 0 saturated carbocycles. The fraction of sp³-hybridized carbons (Fsp3) is 0. The van der Waals surface area contributed by atoms with Crippen LogP contribution in [0.4, 0.5) is 19.6 Å². The standard InChI is InChI=1S/C10H5F2N3O3S/c11-5-1-2-6(15(17)18)8(12)7(5)9(16)14-10-13-3-4-19-10/h1-4H,(H,13,14,16). The number of nitro groups is 1. The van der Waals surface area contributed by atoms with Crippen LogP contribution >= 0.6 is 11.3 Å². The first-order chi connectivity index (χ1) is 9.00. The molecule has 2 aromatic rings. The second-order valence-electron chi connectivity index (χ2n) is 3.30. The summed E-state index contributed by atoms with van der Waals surface area (Å²) >= 11 is 1.05. The number of carbonyl (C=O) groups excluding carboxylic acids is 1. The van der Waals surface area contributed by atoms with E-state index in [4.69, 9.17) is 0 Å². The van der Waals surface area contributed by atoms with Crippen LogP contribution in [0.1, 0.15) is 10.4 Å². The minimum absolute atomic E-state index is 0.135. The number of nitro benzene ring substituents is 1. The normalized spacial score (nSPS) is 10.2. The Labute approximate surface area is 108 Å². The van der Waals surface area contributed by atoms with Crippen molar-refractivity contribution in [3.63, 3.8) is 0 Å². The van der Waals surface area contributed by atoms with Gasteiger partial charge in [-0.05, 0) is 6.07 Å². The molecule has 1 aromatic heterocycles. The number of anilines is 1. The van der Waals surface area contributed by atoms with Gasteiger partial charge in [0, 0.05) is 17.6 Å². The van der Waals surface area contributed by atoms with Crippen molar-refractivity contribution in [1.29, 1.82) is 0 Å². The Morgan fingerprint density at radius 3 is 2.74 bits per heavy atom. The van der Waals surface area contributed by atoms with Crippen LogP contribution in [-0.2, 0) is 0 Å². The quantitative estimate of drug-likeness (QED) is 0.693. The van der Waals surface area contributed by atoms with E-state index in [2.05, 4.69) is 10.3 Å². The van der Waals surface area contributed by atoms with Crippen molar-refractivity contribution in [3.05, 3.63) is 51.0 Å². The fourth-order valence-electron chi connectivity index (χ4n) is 1.34. The van der Waals surface area contributed by atoms with Crippen molar-refractivity contribution in [2.75, 3.05) is 5.32 Å². The summed E-state index contributed by atoms with van der Waals surface area (Å²) in [5.41, 5.74) is -1.98. The average Bonchev–Trinajstić information content (AvgIpc) is 2.81. The highest BCUT2D eigenvalue weighted by molar-refractivity contribution is 7.13. The monoisotopic (exact) mass is 285 g/mol. The highest BCUT2D eigenvalue weighted by atomic mass is 32.1. The zero-order chi connectivity index (χ0) is 14.0. The molecule has 98 valence electrons. The van der Waals surface area contributed by atoms with E-state index in [9.17, 15) is 23.7 Å². The number of hydrogen-bond acceptors (Lipinski definition) is 5. The summed E-state index contributed by atoms with van der Waals surface area (Å²) in [6.45, 7) is 0. The van der Waals surface area contributed by atoms with Crippen molar-refractivity contribution in [2.24, 2.45) is 0 Å². The summed E-state index contributed by atoms with van der Waals surface area (Å²) in [5.74, 6) is -3.83. The first-order valence-corrected chi connectivity index (χ1v) is 5.72. The van der Waals surface area contributed by atoms with Gasteiger partial charge in [0.05, 0.1) is 4.92 Å². The fourth-order valence-corrected chi connectivity index (χ4v) is 1.86. The highest BCUT2D eigenvalue weighted by Crippen LogP contribution is 2.24. The minimum atomic E-state index is -1.51. The van der Waals surface area contributed by atoms with Crippen molar-refractivity contribution >= 4 is 28.1 Å². The lowest BCUT2D eigenvalue weighted by molar-refractivity contribution is -0.387. The number of rotatable bonds is 3. The second kappa shape index (κ2) is 5.06. The Hall–Kier alpha value is -2.42. The van der Waals surface area contributed by atoms with Gasteiger partial charge in [-0.3, -0.25) is 20.2 Å². The number of nitrogens with zero attached hydrogens (tertiary/aromatic N) is 2. The molecule has 0 unspecified atom stereocenters. The van der Waals surface area contributed by atoms with Gasteiger partial charge in [0.25, 0.3) is 5.91 Å². The van der Waals surface area contributed by atoms with Crippen LogP contribution in [0.2, 0.25) is 0 Å². The Morgan fingerprint density at radius 1 is 1.42 bits per heavy atom. The molecule has 0 bridgehead atoms. The molecule has 0 aliphatic heterocycles. The first kappa shape index (κ1) is 13.0. The smallest absolute Gasteiger partial charge is 0.298 e. The van der Waals surface area contributed by atoms with Gasteiger partial charge < -0.3 is 0 Å². The number of hydrogen-bond donors (Lipinski definition) is 1. The molecule has 6 nitrogen and oxygen atoms in total. The molecular formula is C10H5F2N3O3S. The Balaban J connectivity index is 2.41. The lowest BCUT2D eigenvalue weighted by Gasteiger charge is -2.04. The zero-order valence-electron chi connectivity index (χ0n) is 9.09.